The highest BCUT2D eigenvalue weighted by Crippen LogP contribution is 2.26. The summed E-state index contributed by atoms with van der Waals surface area (Å²) in [6.07, 6.45) is 0.519. The summed E-state index contributed by atoms with van der Waals surface area (Å²) in [7, 11) is 0. The van der Waals surface area contributed by atoms with Gasteiger partial charge in [0.1, 0.15) is 0 Å². The van der Waals surface area contributed by atoms with Crippen LogP contribution in [0.15, 0.2) is 0 Å². The number of nitrogens with zero attached hydrogens (tertiary/aromatic N) is 1. The number of rotatable bonds is 2. The second-order valence-electron chi connectivity index (χ2n) is 4.70. The molecular formula is C11H18F2N2O2. The minimum Gasteiger partial charge on any atom is -0.378 e. The third-order valence-corrected chi connectivity index (χ3v) is 3.16. The summed E-state index contributed by atoms with van der Waals surface area (Å²) in [6, 6.07) is -0.0354. The molecule has 2 aliphatic heterocycles. The molecule has 98 valence electrons. The molecule has 0 radical (unpaired) electrons. The van der Waals surface area contributed by atoms with Crippen LogP contribution in [0.3, 0.4) is 0 Å². The van der Waals surface area contributed by atoms with Crippen LogP contribution in [-0.4, -0.2) is 55.6 Å². The van der Waals surface area contributed by atoms with Crippen molar-refractivity contribution in [3.8, 4) is 0 Å². The fourth-order valence-electron chi connectivity index (χ4n) is 2.27. The normalized spacial score (nSPS) is 29.1. The molecule has 1 unspecified atom stereocenters. The molecule has 6 heteroatoms. The van der Waals surface area contributed by atoms with E-state index in [1.165, 1.54) is 4.90 Å². The molecule has 0 spiro atoms. The maximum atomic E-state index is 13.2. The van der Waals surface area contributed by atoms with Gasteiger partial charge in [-0.15, -0.1) is 0 Å². The first kappa shape index (κ1) is 12.7. The second kappa shape index (κ2) is 5.27. The maximum absolute atomic E-state index is 13.2. The van der Waals surface area contributed by atoms with Gasteiger partial charge in [-0.1, -0.05) is 0 Å². The van der Waals surface area contributed by atoms with Gasteiger partial charge >= 0.3 is 0 Å². The van der Waals surface area contributed by atoms with Crippen LogP contribution < -0.4 is 5.32 Å². The van der Waals surface area contributed by atoms with Crippen LogP contribution in [0.4, 0.5) is 8.78 Å². The summed E-state index contributed by atoms with van der Waals surface area (Å²) < 4.78 is 31.5. The molecule has 2 rings (SSSR count). The molecule has 1 atom stereocenters. The van der Waals surface area contributed by atoms with E-state index in [1.807, 2.05) is 0 Å². The van der Waals surface area contributed by atoms with Crippen molar-refractivity contribution in [3.63, 3.8) is 0 Å². The Morgan fingerprint density at radius 1 is 1.53 bits per heavy atom. The molecule has 1 N–H and O–H groups in total. The van der Waals surface area contributed by atoms with Gasteiger partial charge in [0.2, 0.25) is 5.91 Å². The molecule has 0 saturated carbocycles. The van der Waals surface area contributed by atoms with Gasteiger partial charge in [0.05, 0.1) is 19.8 Å². The van der Waals surface area contributed by atoms with E-state index < -0.39 is 12.5 Å². The average Bonchev–Trinajstić information content (AvgIpc) is 2.29. The highest BCUT2D eigenvalue weighted by Gasteiger charge is 2.37. The van der Waals surface area contributed by atoms with E-state index in [-0.39, 0.29) is 24.8 Å². The summed E-state index contributed by atoms with van der Waals surface area (Å²) in [5.41, 5.74) is 0. The predicted molar refractivity (Wildman–Crippen MR) is 58.0 cm³/mol. The van der Waals surface area contributed by atoms with Crippen LogP contribution in [-0.2, 0) is 9.53 Å². The number of carbonyl (C=O) groups is 1. The Kier molecular flexibility index (Phi) is 3.93. The van der Waals surface area contributed by atoms with Crippen molar-refractivity contribution in [1.29, 1.82) is 0 Å². The van der Waals surface area contributed by atoms with Crippen molar-refractivity contribution >= 4 is 5.91 Å². The summed E-state index contributed by atoms with van der Waals surface area (Å²) >= 11 is 0. The minimum atomic E-state index is -2.72. The van der Waals surface area contributed by atoms with Gasteiger partial charge in [-0.05, 0) is 6.42 Å². The van der Waals surface area contributed by atoms with Crippen LogP contribution in [0, 0.1) is 0 Å². The van der Waals surface area contributed by atoms with Gasteiger partial charge in [0.25, 0.3) is 5.92 Å². The van der Waals surface area contributed by atoms with E-state index in [1.54, 1.807) is 0 Å². The highest BCUT2D eigenvalue weighted by molar-refractivity contribution is 5.77. The Morgan fingerprint density at radius 2 is 2.35 bits per heavy atom. The average molecular weight is 248 g/mol. The van der Waals surface area contributed by atoms with Crippen molar-refractivity contribution in [1.82, 2.24) is 10.2 Å². The largest absolute Gasteiger partial charge is 0.378 e. The van der Waals surface area contributed by atoms with Crippen LogP contribution in [0.25, 0.3) is 0 Å². The molecule has 0 aromatic rings. The van der Waals surface area contributed by atoms with Crippen LogP contribution in [0.1, 0.15) is 19.3 Å². The molecule has 4 nitrogen and oxygen atoms in total. The predicted octanol–water partition coefficient (Wildman–Crippen LogP) is 0.623. The monoisotopic (exact) mass is 248 g/mol. The summed E-state index contributed by atoms with van der Waals surface area (Å²) in [6.45, 7) is 1.86. The standard InChI is InChI=1S/C11H18F2N2O2/c12-11(13)2-1-4-15(8-11)10(16)6-9-7-17-5-3-14-9/h9,14H,1-8H2. The van der Waals surface area contributed by atoms with Crippen molar-refractivity contribution < 1.29 is 18.3 Å². The molecule has 0 aromatic heterocycles. The lowest BCUT2D eigenvalue weighted by atomic mass is 10.1. The van der Waals surface area contributed by atoms with Crippen molar-refractivity contribution in [2.45, 2.75) is 31.2 Å². The van der Waals surface area contributed by atoms with E-state index in [2.05, 4.69) is 5.32 Å². The topological polar surface area (TPSA) is 41.6 Å². The van der Waals surface area contributed by atoms with E-state index >= 15 is 0 Å². The maximum Gasteiger partial charge on any atom is 0.265 e. The van der Waals surface area contributed by atoms with E-state index in [0.717, 1.165) is 0 Å². The third kappa shape index (κ3) is 3.61. The Bertz CT molecular complexity index is 281. The number of likely N-dealkylation sites (tertiary alicyclic amines) is 1. The summed E-state index contributed by atoms with van der Waals surface area (Å²) in [5.74, 6) is -2.92. The molecule has 1 amide bonds. The van der Waals surface area contributed by atoms with E-state index in [0.29, 0.717) is 32.7 Å². The van der Waals surface area contributed by atoms with Gasteiger partial charge in [-0.3, -0.25) is 4.79 Å². The molecule has 2 heterocycles. The van der Waals surface area contributed by atoms with Gasteiger partial charge in [0, 0.05) is 32.0 Å². The lowest BCUT2D eigenvalue weighted by molar-refractivity contribution is -0.142. The number of alkyl halides is 2. The second-order valence-corrected chi connectivity index (χ2v) is 4.70. The van der Waals surface area contributed by atoms with E-state index in [4.69, 9.17) is 4.74 Å². The molecule has 0 aromatic carbocycles. The number of piperidine rings is 1. The SMILES string of the molecule is O=C(CC1COCCN1)N1CCCC(F)(F)C1. The number of ether oxygens (including phenoxy) is 1. The highest BCUT2D eigenvalue weighted by atomic mass is 19.3. The van der Waals surface area contributed by atoms with Gasteiger partial charge in [0.15, 0.2) is 0 Å². The number of nitrogens with one attached hydrogen (secondary N) is 1. The Balaban J connectivity index is 1.82. The summed E-state index contributed by atoms with van der Waals surface area (Å²) in [4.78, 5) is 13.1. The molecule has 0 bridgehead atoms. The third-order valence-electron chi connectivity index (χ3n) is 3.16. The number of carbonyl (C=O) groups excluding carboxylic acids is 1. The summed E-state index contributed by atoms with van der Waals surface area (Å²) in [5, 5.41) is 3.15. The molecule has 2 aliphatic rings. The Morgan fingerprint density at radius 3 is 3.00 bits per heavy atom. The fourth-order valence-corrected chi connectivity index (χ4v) is 2.27. The smallest absolute Gasteiger partial charge is 0.265 e. The van der Waals surface area contributed by atoms with Crippen molar-refractivity contribution in [2.75, 3.05) is 32.8 Å². The van der Waals surface area contributed by atoms with Crippen LogP contribution >= 0.6 is 0 Å². The van der Waals surface area contributed by atoms with Gasteiger partial charge in [-0.2, -0.15) is 0 Å². The van der Waals surface area contributed by atoms with Gasteiger partial charge < -0.3 is 15.0 Å². The Labute approximate surface area is 99.3 Å². The fraction of sp³-hybridized carbons (Fsp3) is 0.909. The Hall–Kier alpha value is -0.750. The zero-order valence-corrected chi connectivity index (χ0v) is 9.75. The first-order chi connectivity index (χ1) is 8.07. The van der Waals surface area contributed by atoms with Crippen molar-refractivity contribution in [3.05, 3.63) is 0 Å². The number of morpholine rings is 1. The van der Waals surface area contributed by atoms with Crippen molar-refractivity contribution in [2.24, 2.45) is 0 Å². The first-order valence-corrected chi connectivity index (χ1v) is 6.03. The quantitative estimate of drug-likeness (QED) is 0.779. The number of hydrogen-bond acceptors (Lipinski definition) is 3. The zero-order chi connectivity index (χ0) is 12.3. The molecule has 2 fully saturated rings. The lowest BCUT2D eigenvalue weighted by Crippen LogP contribution is -2.49. The molecule has 0 aliphatic carbocycles. The minimum absolute atomic E-state index is 0.0354. The van der Waals surface area contributed by atoms with Gasteiger partial charge in [-0.25, -0.2) is 8.78 Å². The molecule has 17 heavy (non-hydrogen) atoms. The lowest BCUT2D eigenvalue weighted by Gasteiger charge is -2.34. The number of halogens is 2. The molecular weight excluding hydrogens is 230 g/mol. The zero-order valence-electron chi connectivity index (χ0n) is 9.75. The van der Waals surface area contributed by atoms with Crippen LogP contribution in [0.5, 0.6) is 0 Å². The number of amides is 1. The number of hydrogen-bond donors (Lipinski definition) is 1. The first-order valence-electron chi connectivity index (χ1n) is 6.03. The van der Waals surface area contributed by atoms with E-state index in [9.17, 15) is 13.6 Å². The molecule has 2 saturated heterocycles. The van der Waals surface area contributed by atoms with Crippen LogP contribution in [0.2, 0.25) is 0 Å².